The topological polar surface area (TPSA) is 84.1 Å². The van der Waals surface area contributed by atoms with Crippen LogP contribution in [0.1, 0.15) is 31.9 Å². The Balaban J connectivity index is 2.06. The zero-order valence-corrected chi connectivity index (χ0v) is 14.7. The number of hydrogen-bond acceptors (Lipinski definition) is 5. The Labute approximate surface area is 145 Å². The van der Waals surface area contributed by atoms with Gasteiger partial charge in [0.25, 0.3) is 5.56 Å². The lowest BCUT2D eigenvalue weighted by Gasteiger charge is -2.19. The van der Waals surface area contributed by atoms with Gasteiger partial charge in [-0.15, -0.1) is 0 Å². The molecule has 0 aliphatic heterocycles. The van der Waals surface area contributed by atoms with Gasteiger partial charge in [-0.25, -0.2) is 0 Å². The van der Waals surface area contributed by atoms with Crippen molar-refractivity contribution in [1.82, 2.24) is 15.3 Å². The summed E-state index contributed by atoms with van der Waals surface area (Å²) in [6, 6.07) is 10.9. The Hall–Kier alpha value is -2.28. The van der Waals surface area contributed by atoms with Crippen LogP contribution in [-0.2, 0) is 4.79 Å². The zero-order valence-electron chi connectivity index (χ0n) is 13.9. The van der Waals surface area contributed by atoms with Crippen LogP contribution in [-0.4, -0.2) is 28.2 Å². The van der Waals surface area contributed by atoms with Crippen LogP contribution < -0.4 is 15.6 Å². The second-order valence-corrected chi connectivity index (χ2v) is 6.44. The zero-order chi connectivity index (χ0) is 17.5. The molecule has 0 aliphatic carbocycles. The van der Waals surface area contributed by atoms with Crippen molar-refractivity contribution in [2.75, 3.05) is 7.11 Å². The summed E-state index contributed by atoms with van der Waals surface area (Å²) in [6.45, 7) is 3.86. The van der Waals surface area contributed by atoms with Gasteiger partial charge in [0, 0.05) is 0 Å². The van der Waals surface area contributed by atoms with Crippen molar-refractivity contribution >= 4 is 17.7 Å². The van der Waals surface area contributed by atoms with Crippen molar-refractivity contribution in [2.24, 2.45) is 0 Å². The number of carbonyl (C=O) groups is 1. The fourth-order valence-electron chi connectivity index (χ4n) is 2.16. The van der Waals surface area contributed by atoms with Crippen molar-refractivity contribution in [2.45, 2.75) is 36.7 Å². The molecule has 2 aromatic rings. The van der Waals surface area contributed by atoms with Gasteiger partial charge in [-0.1, -0.05) is 49.0 Å². The van der Waals surface area contributed by atoms with Crippen LogP contribution in [0.3, 0.4) is 0 Å². The second kappa shape index (κ2) is 8.54. The highest BCUT2D eigenvalue weighted by atomic mass is 32.2. The van der Waals surface area contributed by atoms with Crippen LogP contribution in [0.2, 0.25) is 0 Å². The lowest BCUT2D eigenvalue weighted by atomic mass is 10.1. The Bertz CT molecular complexity index is 733. The molecule has 1 amide bonds. The van der Waals surface area contributed by atoms with Crippen LogP contribution in [0.5, 0.6) is 5.88 Å². The molecule has 0 unspecified atom stereocenters. The third-order valence-corrected chi connectivity index (χ3v) is 4.73. The van der Waals surface area contributed by atoms with Gasteiger partial charge in [-0.3, -0.25) is 9.59 Å². The third-order valence-electron chi connectivity index (χ3n) is 3.48. The molecule has 0 saturated heterocycles. The first kappa shape index (κ1) is 18.1. The molecule has 2 atom stereocenters. The molecule has 2 N–H and O–H groups in total. The van der Waals surface area contributed by atoms with Gasteiger partial charge in [0.2, 0.25) is 11.8 Å². The van der Waals surface area contributed by atoms with Crippen molar-refractivity contribution < 1.29 is 9.53 Å². The molecule has 1 aromatic carbocycles. The van der Waals surface area contributed by atoms with Gasteiger partial charge in [-0.05, 0) is 18.9 Å². The number of nitrogens with one attached hydrogen (secondary N) is 2. The molecule has 7 heteroatoms. The summed E-state index contributed by atoms with van der Waals surface area (Å²) in [5.41, 5.74) is 0.732. The Morgan fingerprint density at radius 2 is 2.08 bits per heavy atom. The molecule has 0 spiro atoms. The van der Waals surface area contributed by atoms with E-state index in [1.165, 1.54) is 24.9 Å². The largest absolute Gasteiger partial charge is 0.481 e. The number of carbonyl (C=O) groups excluding carboxylic acids is 1. The van der Waals surface area contributed by atoms with Crippen molar-refractivity contribution in [3.8, 4) is 5.88 Å². The molecule has 0 bridgehead atoms. The van der Waals surface area contributed by atoms with E-state index in [1.807, 2.05) is 44.2 Å². The molecular weight excluding hydrogens is 326 g/mol. The molecule has 2 rings (SSSR count). The number of aromatic nitrogens is 2. The van der Waals surface area contributed by atoms with E-state index in [-0.39, 0.29) is 28.6 Å². The van der Waals surface area contributed by atoms with E-state index < -0.39 is 0 Å². The summed E-state index contributed by atoms with van der Waals surface area (Å²) in [5, 5.41) is 3.01. The van der Waals surface area contributed by atoms with Crippen LogP contribution >= 0.6 is 11.8 Å². The smallest absolute Gasteiger partial charge is 0.255 e. The van der Waals surface area contributed by atoms with Gasteiger partial charge in [-0.2, -0.15) is 4.98 Å². The minimum Gasteiger partial charge on any atom is -0.481 e. The highest BCUT2D eigenvalue weighted by molar-refractivity contribution is 8.00. The predicted molar refractivity (Wildman–Crippen MR) is 94.3 cm³/mol. The summed E-state index contributed by atoms with van der Waals surface area (Å²) in [6.07, 6.45) is 0.610. The van der Waals surface area contributed by atoms with Gasteiger partial charge in [0.15, 0.2) is 5.16 Å². The maximum atomic E-state index is 12.5. The van der Waals surface area contributed by atoms with E-state index in [1.54, 1.807) is 0 Å². The fourth-order valence-corrected chi connectivity index (χ4v) is 3.08. The number of hydrogen-bond donors (Lipinski definition) is 2. The summed E-state index contributed by atoms with van der Waals surface area (Å²) in [7, 11) is 1.45. The number of thioether (sulfide) groups is 1. The van der Waals surface area contributed by atoms with E-state index in [4.69, 9.17) is 4.74 Å². The van der Waals surface area contributed by atoms with E-state index >= 15 is 0 Å². The molecule has 24 heavy (non-hydrogen) atoms. The lowest BCUT2D eigenvalue weighted by molar-refractivity contribution is -0.121. The molecule has 0 radical (unpaired) electrons. The predicted octanol–water partition coefficient (Wildman–Crippen LogP) is 2.53. The standard InChI is InChI=1S/C17H21N3O3S/c1-4-13(24-17-19-14(21)10-15(20-17)23-3)16(22)18-11(2)12-8-6-5-7-9-12/h5-11,13H,4H2,1-3H3,(H,18,22)(H,19,20,21)/t11-,13+/m0/s1. The fraction of sp³-hybridized carbons (Fsp3) is 0.353. The third kappa shape index (κ3) is 4.86. The first-order valence-corrected chi connectivity index (χ1v) is 8.58. The minimum absolute atomic E-state index is 0.0920. The van der Waals surface area contributed by atoms with E-state index in [2.05, 4.69) is 15.3 Å². The van der Waals surface area contributed by atoms with Gasteiger partial charge in [0.1, 0.15) is 0 Å². The molecule has 1 aromatic heterocycles. The molecule has 0 fully saturated rings. The van der Waals surface area contributed by atoms with E-state index in [0.717, 1.165) is 5.56 Å². The lowest BCUT2D eigenvalue weighted by Crippen LogP contribution is -2.34. The maximum absolute atomic E-state index is 12.5. The van der Waals surface area contributed by atoms with Crippen LogP contribution in [0.25, 0.3) is 0 Å². The average molecular weight is 347 g/mol. The van der Waals surface area contributed by atoms with Gasteiger partial charge in [0.05, 0.1) is 24.5 Å². The van der Waals surface area contributed by atoms with Gasteiger partial charge < -0.3 is 15.0 Å². The number of benzene rings is 1. The Morgan fingerprint density at radius 3 is 2.71 bits per heavy atom. The molecule has 1 heterocycles. The molecule has 0 saturated carbocycles. The SMILES string of the molecule is CC[C@@H](Sc1nc(OC)cc(=O)[nH]1)C(=O)N[C@@H](C)c1ccccc1. The number of aromatic amines is 1. The van der Waals surface area contributed by atoms with Crippen LogP contribution in [0, 0.1) is 0 Å². The summed E-state index contributed by atoms with van der Waals surface area (Å²) >= 11 is 1.22. The van der Waals surface area contributed by atoms with Crippen molar-refractivity contribution in [3.63, 3.8) is 0 Å². The summed E-state index contributed by atoms with van der Waals surface area (Å²) < 4.78 is 4.99. The quantitative estimate of drug-likeness (QED) is 0.594. The second-order valence-electron chi connectivity index (χ2n) is 5.25. The molecular formula is C17H21N3O3S. The summed E-state index contributed by atoms with van der Waals surface area (Å²) in [4.78, 5) is 30.9. The van der Waals surface area contributed by atoms with Crippen LogP contribution in [0.4, 0.5) is 0 Å². The number of nitrogens with zero attached hydrogens (tertiary/aromatic N) is 1. The Morgan fingerprint density at radius 1 is 1.38 bits per heavy atom. The monoisotopic (exact) mass is 347 g/mol. The number of rotatable bonds is 7. The van der Waals surface area contributed by atoms with E-state index in [0.29, 0.717) is 11.6 Å². The van der Waals surface area contributed by atoms with Crippen molar-refractivity contribution in [1.29, 1.82) is 0 Å². The first-order valence-electron chi connectivity index (χ1n) is 7.70. The first-order chi connectivity index (χ1) is 11.5. The number of H-pyrrole nitrogens is 1. The normalized spacial score (nSPS) is 13.1. The van der Waals surface area contributed by atoms with Crippen molar-refractivity contribution in [3.05, 3.63) is 52.3 Å². The molecule has 128 valence electrons. The average Bonchev–Trinajstić information content (AvgIpc) is 2.59. The Kier molecular flexibility index (Phi) is 6.43. The molecule has 0 aliphatic rings. The van der Waals surface area contributed by atoms with Crippen LogP contribution in [0.15, 0.2) is 46.3 Å². The highest BCUT2D eigenvalue weighted by Gasteiger charge is 2.21. The number of amides is 1. The number of ether oxygens (including phenoxy) is 1. The van der Waals surface area contributed by atoms with Gasteiger partial charge >= 0.3 is 0 Å². The summed E-state index contributed by atoms with van der Waals surface area (Å²) in [5.74, 6) is 0.137. The minimum atomic E-state index is -0.355. The maximum Gasteiger partial charge on any atom is 0.255 e. The number of methoxy groups -OCH3 is 1. The van der Waals surface area contributed by atoms with E-state index in [9.17, 15) is 9.59 Å². The molecule has 6 nitrogen and oxygen atoms in total. The highest BCUT2D eigenvalue weighted by Crippen LogP contribution is 2.23.